The Bertz CT molecular complexity index is 727. The monoisotopic (exact) mass is 301 g/mol. The molecular weight excluding hydrogens is 290 g/mol. The second kappa shape index (κ2) is 4.98. The zero-order chi connectivity index (χ0) is 15.0. The van der Waals surface area contributed by atoms with Gasteiger partial charge in [0.1, 0.15) is 0 Å². The Morgan fingerprint density at radius 1 is 1.14 bits per heavy atom. The summed E-state index contributed by atoms with van der Waals surface area (Å²) in [6.07, 6.45) is -0.300. The van der Waals surface area contributed by atoms with Crippen LogP contribution >= 0.6 is 11.6 Å². The van der Waals surface area contributed by atoms with Crippen LogP contribution in [0.5, 0.6) is 0 Å². The molecule has 1 heterocycles. The number of nitrogens with one attached hydrogen (secondary N) is 1. The molecule has 0 fully saturated rings. The van der Waals surface area contributed by atoms with E-state index in [-0.39, 0.29) is 6.42 Å². The average Bonchev–Trinajstić information content (AvgIpc) is 2.47. The Balaban J connectivity index is 2.09. The van der Waals surface area contributed by atoms with Crippen LogP contribution in [0.15, 0.2) is 48.5 Å². The molecular formula is C16H12ClNO3. The second-order valence-electron chi connectivity index (χ2n) is 4.97. The van der Waals surface area contributed by atoms with Crippen molar-refractivity contribution in [2.75, 3.05) is 5.32 Å². The van der Waals surface area contributed by atoms with E-state index in [0.717, 1.165) is 0 Å². The van der Waals surface area contributed by atoms with Crippen LogP contribution in [0.2, 0.25) is 5.02 Å². The highest BCUT2D eigenvalue weighted by Crippen LogP contribution is 2.38. The van der Waals surface area contributed by atoms with Gasteiger partial charge in [-0.1, -0.05) is 29.8 Å². The smallest absolute Gasteiger partial charge is 0.228 e. The highest BCUT2D eigenvalue weighted by atomic mass is 35.5. The number of hydrogen-bond acceptors (Lipinski definition) is 3. The van der Waals surface area contributed by atoms with E-state index in [1.165, 1.54) is 12.1 Å². The number of carbonyl (C=O) groups is 2. The molecule has 5 heteroatoms. The van der Waals surface area contributed by atoms with Crippen molar-refractivity contribution in [3.63, 3.8) is 0 Å². The van der Waals surface area contributed by atoms with Gasteiger partial charge >= 0.3 is 0 Å². The van der Waals surface area contributed by atoms with Crippen molar-refractivity contribution < 1.29 is 14.7 Å². The first-order chi connectivity index (χ1) is 10.0. The summed E-state index contributed by atoms with van der Waals surface area (Å²) in [5.74, 6) is -0.903. The summed E-state index contributed by atoms with van der Waals surface area (Å²) in [4.78, 5) is 24.5. The number of amides is 1. The minimum absolute atomic E-state index is 0.300. The first kappa shape index (κ1) is 13.8. The molecule has 1 aliphatic heterocycles. The predicted molar refractivity (Wildman–Crippen MR) is 79.4 cm³/mol. The molecule has 4 nitrogen and oxygen atoms in total. The van der Waals surface area contributed by atoms with Gasteiger partial charge < -0.3 is 10.4 Å². The molecule has 21 heavy (non-hydrogen) atoms. The highest BCUT2D eigenvalue weighted by molar-refractivity contribution is 6.30. The van der Waals surface area contributed by atoms with Crippen molar-refractivity contribution in [1.29, 1.82) is 0 Å². The van der Waals surface area contributed by atoms with E-state index in [0.29, 0.717) is 21.8 Å². The fraction of sp³-hybridized carbons (Fsp3) is 0.125. The van der Waals surface area contributed by atoms with Crippen molar-refractivity contribution in [2.24, 2.45) is 0 Å². The molecule has 2 aromatic carbocycles. The van der Waals surface area contributed by atoms with Gasteiger partial charge in [0.05, 0.1) is 6.42 Å². The lowest BCUT2D eigenvalue weighted by molar-refractivity contribution is -0.120. The third kappa shape index (κ3) is 2.33. The van der Waals surface area contributed by atoms with E-state index in [1.807, 2.05) is 0 Å². The van der Waals surface area contributed by atoms with Crippen LogP contribution in [0, 0.1) is 0 Å². The molecule has 0 saturated carbocycles. The van der Waals surface area contributed by atoms with E-state index < -0.39 is 17.3 Å². The molecule has 1 unspecified atom stereocenters. The van der Waals surface area contributed by atoms with Crippen molar-refractivity contribution in [2.45, 2.75) is 12.0 Å². The first-order valence-electron chi connectivity index (χ1n) is 6.43. The molecule has 3 rings (SSSR count). The molecule has 0 aliphatic carbocycles. The minimum atomic E-state index is -1.85. The van der Waals surface area contributed by atoms with Crippen LogP contribution < -0.4 is 5.32 Å². The van der Waals surface area contributed by atoms with Crippen molar-refractivity contribution in [1.82, 2.24) is 0 Å². The van der Waals surface area contributed by atoms with Gasteiger partial charge in [0.25, 0.3) is 0 Å². The van der Waals surface area contributed by atoms with E-state index >= 15 is 0 Å². The molecule has 1 amide bonds. The maximum Gasteiger partial charge on any atom is 0.228 e. The summed E-state index contributed by atoms with van der Waals surface area (Å²) in [5, 5.41) is 14.0. The lowest BCUT2D eigenvalue weighted by Crippen LogP contribution is -2.43. The Morgan fingerprint density at radius 2 is 1.81 bits per heavy atom. The average molecular weight is 302 g/mol. The van der Waals surface area contributed by atoms with Crippen molar-refractivity contribution >= 4 is 29.0 Å². The zero-order valence-electron chi connectivity index (χ0n) is 11.0. The Hall–Kier alpha value is -2.17. The first-order valence-corrected chi connectivity index (χ1v) is 6.80. The van der Waals surface area contributed by atoms with E-state index in [9.17, 15) is 14.7 Å². The molecule has 2 N–H and O–H groups in total. The van der Waals surface area contributed by atoms with E-state index in [1.54, 1.807) is 36.4 Å². The summed E-state index contributed by atoms with van der Waals surface area (Å²) >= 11 is 5.80. The number of aliphatic hydroxyl groups is 1. The largest absolute Gasteiger partial charge is 0.376 e. The SMILES string of the molecule is O=C1CC(O)(C(=O)c2ccc(Cl)cc2)c2ccccc2N1. The Morgan fingerprint density at radius 3 is 2.52 bits per heavy atom. The topological polar surface area (TPSA) is 66.4 Å². The highest BCUT2D eigenvalue weighted by Gasteiger charge is 2.44. The van der Waals surface area contributed by atoms with Gasteiger partial charge in [-0.15, -0.1) is 0 Å². The third-order valence-electron chi connectivity index (χ3n) is 3.55. The molecule has 1 aliphatic rings. The predicted octanol–water partition coefficient (Wildman–Crippen LogP) is 2.75. The van der Waals surface area contributed by atoms with Gasteiger partial charge in [-0.05, 0) is 30.3 Å². The number of carbonyl (C=O) groups excluding carboxylic acids is 2. The fourth-order valence-electron chi connectivity index (χ4n) is 2.52. The number of halogens is 1. The summed E-state index contributed by atoms with van der Waals surface area (Å²) in [6.45, 7) is 0. The summed E-state index contributed by atoms with van der Waals surface area (Å²) in [6, 6.07) is 13.0. The molecule has 0 aromatic heterocycles. The number of anilines is 1. The number of ketones is 1. The fourth-order valence-corrected chi connectivity index (χ4v) is 2.64. The van der Waals surface area contributed by atoms with Crippen molar-refractivity contribution in [3.05, 3.63) is 64.7 Å². The van der Waals surface area contributed by atoms with Gasteiger partial charge in [0.15, 0.2) is 11.4 Å². The summed E-state index contributed by atoms with van der Waals surface area (Å²) in [5.41, 5.74) is -0.679. The van der Waals surface area contributed by atoms with Crippen LogP contribution in [0.25, 0.3) is 0 Å². The summed E-state index contributed by atoms with van der Waals surface area (Å²) in [7, 11) is 0. The van der Waals surface area contributed by atoms with Crippen LogP contribution in [-0.4, -0.2) is 16.8 Å². The Kier molecular flexibility index (Phi) is 3.27. The number of fused-ring (bicyclic) bond motifs is 1. The standard InChI is InChI=1S/C16H12ClNO3/c17-11-7-5-10(6-8-11)15(20)16(21)9-14(19)18-13-4-2-1-3-12(13)16/h1-8,21H,9H2,(H,18,19). The maximum absolute atomic E-state index is 12.7. The number of hydrogen-bond donors (Lipinski definition) is 2. The number of benzene rings is 2. The second-order valence-corrected chi connectivity index (χ2v) is 5.40. The van der Waals surface area contributed by atoms with Gasteiger partial charge in [-0.3, -0.25) is 9.59 Å². The molecule has 106 valence electrons. The summed E-state index contributed by atoms with van der Waals surface area (Å²) < 4.78 is 0. The van der Waals surface area contributed by atoms with Gasteiger partial charge in [-0.2, -0.15) is 0 Å². The number of Topliss-reactive ketones (excluding diaryl/α,β-unsaturated/α-hetero) is 1. The van der Waals surface area contributed by atoms with Gasteiger partial charge in [-0.25, -0.2) is 0 Å². The molecule has 0 bridgehead atoms. The lowest BCUT2D eigenvalue weighted by atomic mass is 9.80. The molecule has 2 aromatic rings. The van der Waals surface area contributed by atoms with Crippen LogP contribution in [0.3, 0.4) is 0 Å². The zero-order valence-corrected chi connectivity index (χ0v) is 11.7. The van der Waals surface area contributed by atoms with E-state index in [4.69, 9.17) is 11.6 Å². The van der Waals surface area contributed by atoms with Gasteiger partial charge in [0, 0.05) is 21.8 Å². The van der Waals surface area contributed by atoms with E-state index in [2.05, 4.69) is 5.32 Å². The van der Waals surface area contributed by atoms with Crippen LogP contribution in [0.4, 0.5) is 5.69 Å². The van der Waals surface area contributed by atoms with Crippen molar-refractivity contribution in [3.8, 4) is 0 Å². The Labute approximate surface area is 126 Å². The molecule has 1 atom stereocenters. The normalized spacial score (nSPS) is 20.6. The van der Waals surface area contributed by atoms with Crippen LogP contribution in [0.1, 0.15) is 22.3 Å². The van der Waals surface area contributed by atoms with Gasteiger partial charge in [0.2, 0.25) is 5.91 Å². The molecule has 0 saturated heterocycles. The quantitative estimate of drug-likeness (QED) is 0.838. The van der Waals surface area contributed by atoms with Crippen LogP contribution in [-0.2, 0) is 10.4 Å². The number of rotatable bonds is 2. The maximum atomic E-state index is 12.7. The third-order valence-corrected chi connectivity index (χ3v) is 3.80. The number of para-hydroxylation sites is 1. The molecule has 0 radical (unpaired) electrons. The minimum Gasteiger partial charge on any atom is -0.376 e. The molecule has 0 spiro atoms. The lowest BCUT2D eigenvalue weighted by Gasteiger charge is -2.32.